The summed E-state index contributed by atoms with van der Waals surface area (Å²) >= 11 is 0. The fourth-order valence-electron chi connectivity index (χ4n) is 4.05. The second-order valence-corrected chi connectivity index (χ2v) is 7.64. The molecule has 2 atom stereocenters. The first-order valence-corrected chi connectivity index (χ1v) is 11.5. The monoisotopic (exact) mass is 506 g/mol. The summed E-state index contributed by atoms with van der Waals surface area (Å²) in [4.78, 5) is 75.7. The molecule has 0 radical (unpaired) electrons. The van der Waals surface area contributed by atoms with Crippen molar-refractivity contribution < 1.29 is 57.2 Å². The van der Waals surface area contributed by atoms with Crippen molar-refractivity contribution in [2.24, 2.45) is 11.8 Å². The number of fused-ring (bicyclic) bond motifs is 2. The van der Waals surface area contributed by atoms with Crippen LogP contribution in [-0.4, -0.2) is 62.2 Å². The van der Waals surface area contributed by atoms with E-state index < -0.39 is 59.9 Å². The molecule has 0 aliphatic carbocycles. The largest absolute Gasteiger partial charge is 0.465 e. The van der Waals surface area contributed by atoms with Gasteiger partial charge in [-0.25, -0.2) is 9.59 Å². The summed E-state index contributed by atoms with van der Waals surface area (Å²) in [6.07, 6.45) is -2.85. The molecule has 194 valence electrons. The predicted molar refractivity (Wildman–Crippen MR) is 116 cm³/mol. The number of esters is 6. The molecule has 0 spiro atoms. The summed E-state index contributed by atoms with van der Waals surface area (Å²) in [5.74, 6) is -8.91. The van der Waals surface area contributed by atoms with Crippen molar-refractivity contribution in [1.29, 1.82) is 0 Å². The van der Waals surface area contributed by atoms with Crippen molar-refractivity contribution in [3.8, 4) is 0 Å². The highest BCUT2D eigenvalue weighted by Gasteiger charge is 2.51. The highest BCUT2D eigenvalue weighted by molar-refractivity contribution is 6.04. The molecule has 2 heterocycles. The minimum atomic E-state index is -1.63. The molecule has 2 aliphatic heterocycles. The Morgan fingerprint density at radius 2 is 0.917 bits per heavy atom. The van der Waals surface area contributed by atoms with Gasteiger partial charge in [0.05, 0.1) is 37.6 Å². The Bertz CT molecular complexity index is 969. The SMILES string of the molecule is CCOC(=O)C(C(=O)OCC)[C@@H]1OC(=O)c2cc3c(cc21)C(=O)O[C@H]3C(C(=O)OCC)C(=O)OCC. The molecule has 0 aromatic heterocycles. The zero-order chi connectivity index (χ0) is 26.6. The van der Waals surface area contributed by atoms with Gasteiger partial charge in [-0.05, 0) is 39.8 Å². The first-order chi connectivity index (χ1) is 17.2. The standard InChI is InChI=1S/C24H26O12/c1-5-31-21(27)15(22(28)32-6-2)17-11-9-14-12(10-13(11)19(25)35-17)18(36-20(14)26)16(23(29)33-7-3)24(30)34-8-4/h9-10,15-18H,5-8H2,1-4H3/t17-,18-/m1/s1. The van der Waals surface area contributed by atoms with E-state index in [2.05, 4.69) is 0 Å². The normalized spacial score (nSPS) is 17.7. The van der Waals surface area contributed by atoms with Crippen LogP contribution in [-0.2, 0) is 47.6 Å². The van der Waals surface area contributed by atoms with E-state index in [9.17, 15) is 28.8 Å². The molecule has 12 heteroatoms. The van der Waals surface area contributed by atoms with Crippen LogP contribution in [0.5, 0.6) is 0 Å². The lowest BCUT2D eigenvalue weighted by atomic mass is 9.88. The van der Waals surface area contributed by atoms with Gasteiger partial charge in [-0.1, -0.05) is 0 Å². The molecule has 1 aromatic rings. The summed E-state index contributed by atoms with van der Waals surface area (Å²) in [5, 5.41) is 0. The smallest absolute Gasteiger partial charge is 0.339 e. The van der Waals surface area contributed by atoms with Gasteiger partial charge in [0.1, 0.15) is 0 Å². The topological polar surface area (TPSA) is 158 Å². The molecular formula is C24H26O12. The fourth-order valence-corrected chi connectivity index (χ4v) is 4.05. The van der Waals surface area contributed by atoms with Gasteiger partial charge in [-0.3, -0.25) is 19.2 Å². The van der Waals surface area contributed by atoms with Crippen molar-refractivity contribution >= 4 is 35.8 Å². The molecule has 0 fully saturated rings. The van der Waals surface area contributed by atoms with Gasteiger partial charge in [0, 0.05) is 11.1 Å². The van der Waals surface area contributed by atoms with E-state index in [-0.39, 0.29) is 48.7 Å². The van der Waals surface area contributed by atoms with Crippen LogP contribution in [0.2, 0.25) is 0 Å². The van der Waals surface area contributed by atoms with Crippen molar-refractivity contribution in [2.45, 2.75) is 39.9 Å². The zero-order valence-electron chi connectivity index (χ0n) is 20.2. The molecule has 0 unspecified atom stereocenters. The average molecular weight is 506 g/mol. The Hall–Kier alpha value is -3.96. The maximum Gasteiger partial charge on any atom is 0.339 e. The number of carbonyl (C=O) groups excluding carboxylic acids is 6. The minimum Gasteiger partial charge on any atom is -0.465 e. The molecule has 36 heavy (non-hydrogen) atoms. The third-order valence-corrected chi connectivity index (χ3v) is 5.51. The van der Waals surface area contributed by atoms with Gasteiger partial charge in [0.2, 0.25) is 0 Å². The number of hydrogen-bond donors (Lipinski definition) is 0. The van der Waals surface area contributed by atoms with Crippen LogP contribution in [0.1, 0.15) is 71.7 Å². The lowest BCUT2D eigenvalue weighted by Gasteiger charge is -2.21. The van der Waals surface area contributed by atoms with Crippen LogP contribution < -0.4 is 0 Å². The molecule has 0 amide bonds. The highest BCUT2D eigenvalue weighted by Crippen LogP contribution is 2.44. The van der Waals surface area contributed by atoms with Gasteiger partial charge >= 0.3 is 35.8 Å². The summed E-state index contributed by atoms with van der Waals surface area (Å²) in [5.41, 5.74) is -0.0308. The molecule has 0 saturated heterocycles. The van der Waals surface area contributed by atoms with Crippen molar-refractivity contribution in [3.63, 3.8) is 0 Å². The van der Waals surface area contributed by atoms with E-state index in [1.165, 1.54) is 12.1 Å². The van der Waals surface area contributed by atoms with Crippen LogP contribution in [0.4, 0.5) is 0 Å². The number of rotatable bonds is 10. The third-order valence-electron chi connectivity index (χ3n) is 5.51. The van der Waals surface area contributed by atoms with Gasteiger partial charge < -0.3 is 28.4 Å². The molecule has 1 aromatic carbocycles. The summed E-state index contributed by atoms with van der Waals surface area (Å²) in [7, 11) is 0. The number of benzene rings is 1. The van der Waals surface area contributed by atoms with E-state index in [1.54, 1.807) is 27.7 Å². The fraction of sp³-hybridized carbons (Fsp3) is 0.500. The molecule has 0 bridgehead atoms. The van der Waals surface area contributed by atoms with Crippen LogP contribution in [0.3, 0.4) is 0 Å². The number of cyclic esters (lactones) is 2. The molecule has 3 rings (SSSR count). The summed E-state index contributed by atoms with van der Waals surface area (Å²) in [6.45, 7) is 6.02. The molecule has 0 saturated carbocycles. The van der Waals surface area contributed by atoms with E-state index >= 15 is 0 Å². The van der Waals surface area contributed by atoms with E-state index in [0.717, 1.165) is 0 Å². The Morgan fingerprint density at radius 3 is 1.17 bits per heavy atom. The first kappa shape index (κ1) is 26.6. The lowest BCUT2D eigenvalue weighted by Crippen LogP contribution is -2.33. The first-order valence-electron chi connectivity index (χ1n) is 11.5. The Kier molecular flexibility index (Phi) is 8.28. The number of carbonyl (C=O) groups is 6. The molecule has 0 N–H and O–H groups in total. The Morgan fingerprint density at radius 1 is 0.639 bits per heavy atom. The third kappa shape index (κ3) is 4.88. The van der Waals surface area contributed by atoms with Crippen molar-refractivity contribution in [1.82, 2.24) is 0 Å². The summed E-state index contributed by atoms with van der Waals surface area (Å²) in [6, 6.07) is 2.47. The van der Waals surface area contributed by atoms with Crippen LogP contribution in [0.25, 0.3) is 0 Å². The maximum atomic E-state index is 12.7. The molecule has 2 aliphatic rings. The minimum absolute atomic E-state index is 0.0381. The number of ether oxygens (including phenoxy) is 6. The van der Waals surface area contributed by atoms with Crippen molar-refractivity contribution in [3.05, 3.63) is 34.4 Å². The Labute approximate surface area is 206 Å². The zero-order valence-corrected chi connectivity index (χ0v) is 20.2. The van der Waals surface area contributed by atoms with Gasteiger partial charge in [0.25, 0.3) is 0 Å². The van der Waals surface area contributed by atoms with Crippen LogP contribution >= 0.6 is 0 Å². The van der Waals surface area contributed by atoms with Gasteiger partial charge in [-0.2, -0.15) is 0 Å². The van der Waals surface area contributed by atoms with Crippen LogP contribution in [0.15, 0.2) is 12.1 Å². The Balaban J connectivity index is 2.08. The van der Waals surface area contributed by atoms with Gasteiger partial charge in [-0.15, -0.1) is 0 Å². The second-order valence-electron chi connectivity index (χ2n) is 7.64. The van der Waals surface area contributed by atoms with Gasteiger partial charge in [0.15, 0.2) is 24.0 Å². The van der Waals surface area contributed by atoms with E-state index in [1.807, 2.05) is 0 Å². The van der Waals surface area contributed by atoms with Crippen LogP contribution in [0, 0.1) is 11.8 Å². The van der Waals surface area contributed by atoms with E-state index in [4.69, 9.17) is 28.4 Å². The maximum absolute atomic E-state index is 12.7. The second kappa shape index (κ2) is 11.2. The van der Waals surface area contributed by atoms with E-state index in [0.29, 0.717) is 0 Å². The predicted octanol–water partition coefficient (Wildman–Crippen LogP) is 1.59. The average Bonchev–Trinajstić information content (AvgIpc) is 3.30. The number of hydrogen-bond acceptors (Lipinski definition) is 12. The molecular weight excluding hydrogens is 480 g/mol. The van der Waals surface area contributed by atoms with Crippen molar-refractivity contribution in [2.75, 3.05) is 26.4 Å². The quantitative estimate of drug-likeness (QED) is 0.257. The summed E-state index contributed by atoms with van der Waals surface area (Å²) < 4.78 is 30.5. The molecule has 12 nitrogen and oxygen atoms in total. The lowest BCUT2D eigenvalue weighted by molar-refractivity contribution is -0.169. The highest BCUT2D eigenvalue weighted by atomic mass is 16.6.